The highest BCUT2D eigenvalue weighted by molar-refractivity contribution is 6.30. The van der Waals surface area contributed by atoms with E-state index in [1.807, 2.05) is 13.0 Å². The summed E-state index contributed by atoms with van der Waals surface area (Å²) in [6, 6.07) is 5.32. The van der Waals surface area contributed by atoms with Gasteiger partial charge in [0.05, 0.1) is 12.3 Å². The van der Waals surface area contributed by atoms with Gasteiger partial charge in [0, 0.05) is 5.56 Å². The van der Waals surface area contributed by atoms with Gasteiger partial charge in [-0.05, 0) is 18.1 Å². The third-order valence-corrected chi connectivity index (χ3v) is 2.37. The molecule has 2 N–H and O–H groups in total. The second kappa shape index (κ2) is 4.94. The maximum Gasteiger partial charge on any atom is 0.221 e. The molecule has 15 heavy (non-hydrogen) atoms. The number of halogens is 1. The molecular weight excluding hydrogens is 214 g/mol. The summed E-state index contributed by atoms with van der Waals surface area (Å²) in [4.78, 5) is 22.4. The zero-order valence-electron chi connectivity index (χ0n) is 8.42. The zero-order chi connectivity index (χ0) is 11.4. The summed E-state index contributed by atoms with van der Waals surface area (Å²) >= 11 is 5.50. The molecule has 0 saturated carbocycles. The second-order valence-corrected chi connectivity index (χ2v) is 3.58. The van der Waals surface area contributed by atoms with Crippen molar-refractivity contribution in [2.75, 3.05) is 5.88 Å². The smallest absolute Gasteiger partial charge is 0.221 e. The molecule has 80 valence electrons. The summed E-state index contributed by atoms with van der Waals surface area (Å²) in [6.45, 7) is 1.81. The molecule has 0 aliphatic carbocycles. The Balaban J connectivity index is 3.20. The highest BCUT2D eigenvalue weighted by Gasteiger charge is 2.14. The fourth-order valence-electron chi connectivity index (χ4n) is 1.53. The van der Waals surface area contributed by atoms with Gasteiger partial charge >= 0.3 is 0 Å². The van der Waals surface area contributed by atoms with E-state index in [-0.39, 0.29) is 18.1 Å². The Morgan fingerprint density at radius 2 is 2.07 bits per heavy atom. The van der Waals surface area contributed by atoms with Crippen molar-refractivity contribution in [2.45, 2.75) is 13.3 Å². The van der Waals surface area contributed by atoms with Crippen LogP contribution in [0.5, 0.6) is 0 Å². The molecule has 1 aromatic carbocycles. The Bertz CT molecular complexity index is 402. The van der Waals surface area contributed by atoms with Gasteiger partial charge in [-0.2, -0.15) is 0 Å². The molecule has 0 aliphatic heterocycles. The molecule has 0 atom stereocenters. The first-order valence-electron chi connectivity index (χ1n) is 4.52. The molecule has 1 rings (SSSR count). The van der Waals surface area contributed by atoms with Gasteiger partial charge in [0.1, 0.15) is 0 Å². The van der Waals surface area contributed by atoms with Gasteiger partial charge in [-0.15, -0.1) is 11.6 Å². The lowest BCUT2D eigenvalue weighted by molar-refractivity contribution is -0.117. The van der Waals surface area contributed by atoms with Gasteiger partial charge in [-0.25, -0.2) is 0 Å². The van der Waals surface area contributed by atoms with Crippen molar-refractivity contribution in [3.63, 3.8) is 0 Å². The minimum absolute atomic E-state index is 0.0691. The van der Waals surface area contributed by atoms with Crippen LogP contribution in [-0.4, -0.2) is 17.6 Å². The molecule has 0 aliphatic rings. The predicted molar refractivity (Wildman–Crippen MR) is 59.1 cm³/mol. The summed E-state index contributed by atoms with van der Waals surface area (Å²) in [7, 11) is 0. The van der Waals surface area contributed by atoms with E-state index in [0.29, 0.717) is 11.1 Å². The highest BCUT2D eigenvalue weighted by Crippen LogP contribution is 2.16. The topological polar surface area (TPSA) is 60.2 Å². The Labute approximate surface area is 93.2 Å². The first-order valence-corrected chi connectivity index (χ1v) is 5.05. The number of benzene rings is 1. The molecule has 0 heterocycles. The fourth-order valence-corrected chi connectivity index (χ4v) is 1.66. The Morgan fingerprint density at radius 1 is 1.40 bits per heavy atom. The van der Waals surface area contributed by atoms with E-state index < -0.39 is 5.91 Å². The van der Waals surface area contributed by atoms with Crippen LogP contribution in [0.2, 0.25) is 0 Å². The number of Topliss-reactive ketones (excluding diaryl/α,β-unsaturated/α-hetero) is 1. The molecule has 3 nitrogen and oxygen atoms in total. The molecule has 0 fully saturated rings. The lowest BCUT2D eigenvalue weighted by Gasteiger charge is -2.08. The summed E-state index contributed by atoms with van der Waals surface area (Å²) in [5.41, 5.74) is 7.09. The van der Waals surface area contributed by atoms with Crippen LogP contribution in [0.1, 0.15) is 21.5 Å². The van der Waals surface area contributed by atoms with Crippen molar-refractivity contribution in [1.82, 2.24) is 0 Å². The molecule has 0 saturated heterocycles. The lowest BCUT2D eigenvalue weighted by Crippen LogP contribution is -2.17. The highest BCUT2D eigenvalue weighted by atomic mass is 35.5. The van der Waals surface area contributed by atoms with E-state index in [2.05, 4.69) is 0 Å². The minimum Gasteiger partial charge on any atom is -0.369 e. The Morgan fingerprint density at radius 3 is 2.60 bits per heavy atom. The number of alkyl halides is 1. The molecule has 1 aromatic rings. The lowest BCUT2D eigenvalue weighted by atomic mass is 9.96. The van der Waals surface area contributed by atoms with Gasteiger partial charge in [0.15, 0.2) is 5.78 Å². The number of nitrogens with two attached hydrogens (primary N) is 1. The van der Waals surface area contributed by atoms with Crippen LogP contribution in [0, 0.1) is 6.92 Å². The average molecular weight is 226 g/mol. The van der Waals surface area contributed by atoms with Crippen LogP contribution < -0.4 is 5.73 Å². The van der Waals surface area contributed by atoms with Crippen molar-refractivity contribution in [3.8, 4) is 0 Å². The van der Waals surface area contributed by atoms with Crippen LogP contribution in [-0.2, 0) is 11.2 Å². The standard InChI is InChI=1S/C11H12ClNO2/c1-7-3-2-4-8(5-10(13)15)11(7)9(14)6-12/h2-4H,5-6H2,1H3,(H2,13,15). The molecule has 0 radical (unpaired) electrons. The molecule has 1 amide bonds. The van der Waals surface area contributed by atoms with Gasteiger partial charge in [0.2, 0.25) is 5.91 Å². The van der Waals surface area contributed by atoms with E-state index >= 15 is 0 Å². The normalized spacial score (nSPS) is 10.0. The average Bonchev–Trinajstić information content (AvgIpc) is 2.16. The summed E-state index contributed by atoms with van der Waals surface area (Å²) in [5, 5.41) is 0. The third kappa shape index (κ3) is 2.80. The number of hydrogen-bond acceptors (Lipinski definition) is 2. The number of amides is 1. The van der Waals surface area contributed by atoms with Crippen LogP contribution >= 0.6 is 11.6 Å². The van der Waals surface area contributed by atoms with Crippen molar-refractivity contribution < 1.29 is 9.59 Å². The van der Waals surface area contributed by atoms with E-state index in [1.54, 1.807) is 12.1 Å². The van der Waals surface area contributed by atoms with Crippen molar-refractivity contribution in [2.24, 2.45) is 5.73 Å². The van der Waals surface area contributed by atoms with Crippen molar-refractivity contribution in [1.29, 1.82) is 0 Å². The Kier molecular flexibility index (Phi) is 3.86. The molecule has 4 heteroatoms. The SMILES string of the molecule is Cc1cccc(CC(N)=O)c1C(=O)CCl. The molecule has 0 unspecified atom stereocenters. The van der Waals surface area contributed by atoms with Gasteiger partial charge in [0.25, 0.3) is 0 Å². The maximum atomic E-state index is 11.6. The monoisotopic (exact) mass is 225 g/mol. The number of carbonyl (C=O) groups excluding carboxylic acids is 2. The van der Waals surface area contributed by atoms with Crippen LogP contribution in [0.3, 0.4) is 0 Å². The number of carbonyl (C=O) groups is 2. The van der Waals surface area contributed by atoms with Crippen LogP contribution in [0.4, 0.5) is 0 Å². The van der Waals surface area contributed by atoms with Crippen molar-refractivity contribution >= 4 is 23.3 Å². The van der Waals surface area contributed by atoms with Gasteiger partial charge < -0.3 is 5.73 Å². The van der Waals surface area contributed by atoms with Crippen molar-refractivity contribution in [3.05, 3.63) is 34.9 Å². The van der Waals surface area contributed by atoms with E-state index in [0.717, 1.165) is 5.56 Å². The molecular formula is C11H12ClNO2. The first-order chi connectivity index (χ1) is 7.06. The number of aryl methyl sites for hydroxylation is 1. The number of rotatable bonds is 4. The minimum atomic E-state index is -0.454. The Hall–Kier alpha value is -1.35. The molecule has 0 spiro atoms. The number of primary amides is 1. The third-order valence-electron chi connectivity index (χ3n) is 2.12. The molecule has 0 aromatic heterocycles. The van der Waals surface area contributed by atoms with Crippen LogP contribution in [0.25, 0.3) is 0 Å². The quantitative estimate of drug-likeness (QED) is 0.623. The summed E-state index contributed by atoms with van der Waals surface area (Å²) < 4.78 is 0. The zero-order valence-corrected chi connectivity index (χ0v) is 9.17. The largest absolute Gasteiger partial charge is 0.369 e. The van der Waals surface area contributed by atoms with E-state index in [1.165, 1.54) is 0 Å². The number of ketones is 1. The predicted octanol–water partition coefficient (Wildman–Crippen LogP) is 1.44. The number of hydrogen-bond donors (Lipinski definition) is 1. The van der Waals surface area contributed by atoms with Crippen LogP contribution in [0.15, 0.2) is 18.2 Å². The fraction of sp³-hybridized carbons (Fsp3) is 0.273. The summed E-state index contributed by atoms with van der Waals surface area (Å²) in [5.74, 6) is -0.716. The first kappa shape index (κ1) is 11.7. The molecule has 0 bridgehead atoms. The van der Waals surface area contributed by atoms with E-state index in [9.17, 15) is 9.59 Å². The second-order valence-electron chi connectivity index (χ2n) is 3.31. The summed E-state index contributed by atoms with van der Waals surface area (Å²) in [6.07, 6.45) is 0.0691. The van der Waals surface area contributed by atoms with Gasteiger partial charge in [-0.3, -0.25) is 9.59 Å². The van der Waals surface area contributed by atoms with Gasteiger partial charge in [-0.1, -0.05) is 18.2 Å². The maximum absolute atomic E-state index is 11.6. The van der Waals surface area contributed by atoms with E-state index in [4.69, 9.17) is 17.3 Å².